The summed E-state index contributed by atoms with van der Waals surface area (Å²) in [5.74, 6) is -0.652. The van der Waals surface area contributed by atoms with Crippen molar-refractivity contribution in [2.45, 2.75) is 17.9 Å². The molecule has 0 amide bonds. The lowest BCUT2D eigenvalue weighted by Gasteiger charge is -2.18. The van der Waals surface area contributed by atoms with Gasteiger partial charge in [0.25, 0.3) is 0 Å². The first-order chi connectivity index (χ1) is 8.93. The molecule has 0 bridgehead atoms. The van der Waals surface area contributed by atoms with Crippen molar-refractivity contribution in [2.75, 3.05) is 27.3 Å². The van der Waals surface area contributed by atoms with Gasteiger partial charge in [0.05, 0.1) is 11.5 Å². The number of sulfonamides is 1. The molecule has 1 N–H and O–H groups in total. The van der Waals surface area contributed by atoms with Crippen LogP contribution in [0.25, 0.3) is 0 Å². The molecule has 7 heteroatoms. The third-order valence-electron chi connectivity index (χ3n) is 2.71. The van der Waals surface area contributed by atoms with Gasteiger partial charge < -0.3 is 9.84 Å². The van der Waals surface area contributed by atoms with Crippen molar-refractivity contribution >= 4 is 10.0 Å². The number of aliphatic hydroxyl groups is 1. The maximum absolute atomic E-state index is 13.2. The number of halogens is 1. The van der Waals surface area contributed by atoms with Crippen LogP contribution >= 0.6 is 0 Å². The maximum atomic E-state index is 13.2. The molecule has 1 rings (SSSR count). The molecule has 0 atom stereocenters. The first-order valence-electron chi connectivity index (χ1n) is 5.78. The molecular formula is C12H18FNO4S. The van der Waals surface area contributed by atoms with Crippen LogP contribution in [-0.2, 0) is 21.4 Å². The molecule has 1 aromatic carbocycles. The van der Waals surface area contributed by atoms with Crippen LogP contribution in [0.3, 0.4) is 0 Å². The minimum atomic E-state index is -3.81. The number of hydrogen-bond acceptors (Lipinski definition) is 4. The van der Waals surface area contributed by atoms with Gasteiger partial charge in [0.2, 0.25) is 10.0 Å². The Balaban J connectivity index is 3.02. The molecule has 108 valence electrons. The third kappa shape index (κ3) is 3.97. The van der Waals surface area contributed by atoms with E-state index in [-0.39, 0.29) is 17.0 Å². The van der Waals surface area contributed by atoms with E-state index in [1.807, 2.05) is 0 Å². The highest BCUT2D eigenvalue weighted by atomic mass is 32.2. The van der Waals surface area contributed by atoms with Crippen molar-refractivity contribution in [1.82, 2.24) is 4.31 Å². The van der Waals surface area contributed by atoms with Crippen LogP contribution in [0.4, 0.5) is 4.39 Å². The van der Waals surface area contributed by atoms with Gasteiger partial charge in [-0.1, -0.05) is 6.07 Å². The van der Waals surface area contributed by atoms with Gasteiger partial charge in [-0.05, 0) is 24.1 Å². The minimum absolute atomic E-state index is 0.181. The highest BCUT2D eigenvalue weighted by Gasteiger charge is 2.23. The molecule has 0 heterocycles. The number of benzene rings is 1. The standard InChI is InChI=1S/C12H18FNO4S/c1-14(6-3-7-18-2)19(16,17)12-8-11(13)5-4-10(12)9-15/h4-5,8,15H,3,6-7,9H2,1-2H3. The highest BCUT2D eigenvalue weighted by molar-refractivity contribution is 7.89. The van der Waals surface area contributed by atoms with Crippen molar-refractivity contribution < 1.29 is 22.7 Å². The largest absolute Gasteiger partial charge is 0.392 e. The third-order valence-corrected chi connectivity index (χ3v) is 4.65. The second-order valence-corrected chi connectivity index (χ2v) is 6.10. The highest BCUT2D eigenvalue weighted by Crippen LogP contribution is 2.21. The lowest BCUT2D eigenvalue weighted by atomic mass is 10.2. The van der Waals surface area contributed by atoms with E-state index in [0.717, 1.165) is 16.4 Å². The Hall–Kier alpha value is -1.02. The predicted molar refractivity (Wildman–Crippen MR) is 68.6 cm³/mol. The van der Waals surface area contributed by atoms with Gasteiger partial charge in [0.1, 0.15) is 5.82 Å². The SMILES string of the molecule is COCCCN(C)S(=O)(=O)c1cc(F)ccc1CO. The summed E-state index contributed by atoms with van der Waals surface area (Å²) in [5, 5.41) is 9.14. The molecule has 0 unspecified atom stereocenters. The first kappa shape index (κ1) is 16.0. The Morgan fingerprint density at radius 3 is 2.68 bits per heavy atom. The van der Waals surface area contributed by atoms with Crippen LogP contribution < -0.4 is 0 Å². The number of methoxy groups -OCH3 is 1. The fourth-order valence-electron chi connectivity index (χ4n) is 1.62. The Bertz CT molecular complexity index is 518. The monoisotopic (exact) mass is 291 g/mol. The molecule has 1 aromatic rings. The molecule has 0 radical (unpaired) electrons. The molecule has 0 saturated heterocycles. The van der Waals surface area contributed by atoms with Gasteiger partial charge in [-0.15, -0.1) is 0 Å². The number of hydrogen-bond donors (Lipinski definition) is 1. The van der Waals surface area contributed by atoms with E-state index in [2.05, 4.69) is 0 Å². The number of aliphatic hydroxyl groups excluding tert-OH is 1. The summed E-state index contributed by atoms with van der Waals surface area (Å²) < 4.78 is 43.7. The lowest BCUT2D eigenvalue weighted by molar-refractivity contribution is 0.189. The number of nitrogens with zero attached hydrogens (tertiary/aromatic N) is 1. The summed E-state index contributed by atoms with van der Waals surface area (Å²) >= 11 is 0. The topological polar surface area (TPSA) is 66.8 Å². The van der Waals surface area contributed by atoms with Crippen LogP contribution in [0.5, 0.6) is 0 Å². The van der Waals surface area contributed by atoms with Crippen LogP contribution in [0.15, 0.2) is 23.1 Å². The molecular weight excluding hydrogens is 273 g/mol. The molecule has 0 spiro atoms. The van der Waals surface area contributed by atoms with E-state index in [9.17, 15) is 12.8 Å². The summed E-state index contributed by atoms with van der Waals surface area (Å²) in [6.07, 6.45) is 0.538. The smallest absolute Gasteiger partial charge is 0.243 e. The van der Waals surface area contributed by atoms with E-state index in [1.165, 1.54) is 20.2 Å². The molecule has 0 aliphatic heterocycles. The Morgan fingerprint density at radius 1 is 1.42 bits per heavy atom. The van der Waals surface area contributed by atoms with Gasteiger partial charge in [-0.25, -0.2) is 17.1 Å². The van der Waals surface area contributed by atoms with Gasteiger partial charge in [-0.2, -0.15) is 0 Å². The molecule has 0 aromatic heterocycles. The van der Waals surface area contributed by atoms with E-state index in [1.54, 1.807) is 0 Å². The van der Waals surface area contributed by atoms with Gasteiger partial charge in [0, 0.05) is 27.3 Å². The number of ether oxygens (including phenoxy) is 1. The van der Waals surface area contributed by atoms with E-state index >= 15 is 0 Å². The van der Waals surface area contributed by atoms with Crippen LogP contribution in [0, 0.1) is 5.82 Å². The average molecular weight is 291 g/mol. The summed E-state index contributed by atoms with van der Waals surface area (Å²) in [5.41, 5.74) is 0.181. The van der Waals surface area contributed by atoms with Crippen molar-refractivity contribution in [3.8, 4) is 0 Å². The fourth-order valence-corrected chi connectivity index (χ4v) is 3.05. The zero-order valence-corrected chi connectivity index (χ0v) is 11.8. The van der Waals surface area contributed by atoms with Crippen molar-refractivity contribution in [3.63, 3.8) is 0 Å². The second kappa shape index (κ2) is 6.95. The zero-order chi connectivity index (χ0) is 14.5. The average Bonchev–Trinajstić information content (AvgIpc) is 2.38. The fraction of sp³-hybridized carbons (Fsp3) is 0.500. The van der Waals surface area contributed by atoms with E-state index in [0.29, 0.717) is 13.0 Å². The normalized spacial score (nSPS) is 12.1. The Morgan fingerprint density at radius 2 is 2.11 bits per heavy atom. The summed E-state index contributed by atoms with van der Waals surface area (Å²) in [6.45, 7) is 0.244. The lowest BCUT2D eigenvalue weighted by Crippen LogP contribution is -2.29. The molecule has 0 saturated carbocycles. The summed E-state index contributed by atoms with van der Waals surface area (Å²) in [4.78, 5) is -0.199. The molecule has 0 aliphatic rings. The van der Waals surface area contributed by atoms with Gasteiger partial charge in [0.15, 0.2) is 0 Å². The van der Waals surface area contributed by atoms with E-state index in [4.69, 9.17) is 9.84 Å². The first-order valence-corrected chi connectivity index (χ1v) is 7.22. The number of rotatable bonds is 7. The molecule has 5 nitrogen and oxygen atoms in total. The van der Waals surface area contributed by atoms with Crippen molar-refractivity contribution in [3.05, 3.63) is 29.6 Å². The molecule has 0 fully saturated rings. The van der Waals surface area contributed by atoms with Gasteiger partial charge >= 0.3 is 0 Å². The minimum Gasteiger partial charge on any atom is -0.392 e. The van der Waals surface area contributed by atoms with Crippen LogP contribution in [0.1, 0.15) is 12.0 Å². The van der Waals surface area contributed by atoms with Crippen molar-refractivity contribution in [2.24, 2.45) is 0 Å². The van der Waals surface area contributed by atoms with Crippen LogP contribution in [0.2, 0.25) is 0 Å². The molecule has 0 aliphatic carbocycles. The Labute approximate surface area is 112 Å². The quantitative estimate of drug-likeness (QED) is 0.760. The maximum Gasteiger partial charge on any atom is 0.243 e. The molecule has 19 heavy (non-hydrogen) atoms. The summed E-state index contributed by atoms with van der Waals surface area (Å²) in [6, 6.07) is 3.31. The Kier molecular flexibility index (Phi) is 5.86. The summed E-state index contributed by atoms with van der Waals surface area (Å²) in [7, 11) is -0.861. The van der Waals surface area contributed by atoms with E-state index < -0.39 is 22.4 Å². The second-order valence-electron chi connectivity index (χ2n) is 4.08. The van der Waals surface area contributed by atoms with Crippen LogP contribution in [-0.4, -0.2) is 45.1 Å². The predicted octanol–water partition coefficient (Wildman–Crippen LogP) is 0.975. The van der Waals surface area contributed by atoms with Crippen molar-refractivity contribution in [1.29, 1.82) is 0 Å². The zero-order valence-electron chi connectivity index (χ0n) is 11.0. The van der Waals surface area contributed by atoms with Gasteiger partial charge in [-0.3, -0.25) is 0 Å².